The van der Waals surface area contributed by atoms with E-state index in [0.717, 1.165) is 45.8 Å². The molecule has 0 aromatic carbocycles. The van der Waals surface area contributed by atoms with Gasteiger partial charge in [-0.15, -0.1) is 36.2 Å². The number of amides is 1. The van der Waals surface area contributed by atoms with Crippen molar-refractivity contribution in [1.82, 2.24) is 15.1 Å². The summed E-state index contributed by atoms with van der Waals surface area (Å²) >= 11 is 1.77. The summed E-state index contributed by atoms with van der Waals surface area (Å²) in [5.74, 6) is 0.227. The van der Waals surface area contributed by atoms with Gasteiger partial charge in [0.15, 0.2) is 0 Å². The van der Waals surface area contributed by atoms with Crippen molar-refractivity contribution in [3.05, 3.63) is 22.4 Å². The summed E-state index contributed by atoms with van der Waals surface area (Å²) in [4.78, 5) is 17.9. The average molecular weight is 398 g/mol. The number of hydrogen-bond donors (Lipinski definition) is 1. The molecule has 2 heterocycles. The maximum atomic E-state index is 12.3. The number of morpholine rings is 1. The van der Waals surface area contributed by atoms with E-state index in [1.54, 1.807) is 11.3 Å². The van der Waals surface area contributed by atoms with Gasteiger partial charge in [0, 0.05) is 38.0 Å². The first-order chi connectivity index (χ1) is 10.7. The highest BCUT2D eigenvalue weighted by molar-refractivity contribution is 7.10. The largest absolute Gasteiger partial charge is 0.379 e. The Labute approximate surface area is 161 Å². The highest BCUT2D eigenvalue weighted by atomic mass is 35.5. The Balaban J connectivity index is 0.00000264. The molecular weight excluding hydrogens is 369 g/mol. The molecule has 140 valence electrons. The monoisotopic (exact) mass is 397 g/mol. The van der Waals surface area contributed by atoms with E-state index < -0.39 is 0 Å². The molecular formula is C16H29Cl2N3O2S. The molecule has 1 fully saturated rings. The third-order valence-corrected chi connectivity index (χ3v) is 5.02. The van der Waals surface area contributed by atoms with Gasteiger partial charge < -0.3 is 15.0 Å². The second-order valence-electron chi connectivity index (χ2n) is 5.66. The zero-order valence-electron chi connectivity index (χ0n) is 14.4. The van der Waals surface area contributed by atoms with Crippen molar-refractivity contribution in [3.8, 4) is 0 Å². The summed E-state index contributed by atoms with van der Waals surface area (Å²) in [5, 5.41) is 5.19. The molecule has 1 aliphatic rings. The van der Waals surface area contributed by atoms with E-state index in [1.807, 2.05) is 19.0 Å². The highest BCUT2D eigenvalue weighted by Crippen LogP contribution is 2.26. The smallest absolute Gasteiger partial charge is 0.222 e. The Morgan fingerprint density at radius 3 is 2.71 bits per heavy atom. The topological polar surface area (TPSA) is 44.8 Å². The molecule has 1 unspecified atom stereocenters. The van der Waals surface area contributed by atoms with Crippen LogP contribution in [0.3, 0.4) is 0 Å². The second kappa shape index (κ2) is 12.9. The van der Waals surface area contributed by atoms with E-state index in [-0.39, 0.29) is 36.8 Å². The van der Waals surface area contributed by atoms with Crippen molar-refractivity contribution in [2.45, 2.75) is 18.9 Å². The fourth-order valence-electron chi connectivity index (χ4n) is 2.72. The summed E-state index contributed by atoms with van der Waals surface area (Å²) in [6, 6.07) is 4.54. The lowest BCUT2D eigenvalue weighted by Crippen LogP contribution is -2.44. The van der Waals surface area contributed by atoms with E-state index >= 15 is 0 Å². The Hall–Kier alpha value is -0.370. The summed E-state index contributed by atoms with van der Waals surface area (Å²) < 4.78 is 5.46. The van der Waals surface area contributed by atoms with Gasteiger partial charge in [0.1, 0.15) is 0 Å². The summed E-state index contributed by atoms with van der Waals surface area (Å²) in [6.45, 7) is 5.06. The van der Waals surface area contributed by atoms with E-state index in [4.69, 9.17) is 4.74 Å². The lowest BCUT2D eigenvalue weighted by atomic mass is 10.1. The molecule has 1 atom stereocenters. The fraction of sp³-hybridized carbons (Fsp3) is 0.688. The molecule has 1 aromatic rings. The maximum Gasteiger partial charge on any atom is 0.222 e. The zero-order valence-corrected chi connectivity index (χ0v) is 16.9. The van der Waals surface area contributed by atoms with Gasteiger partial charge >= 0.3 is 0 Å². The minimum Gasteiger partial charge on any atom is -0.379 e. The van der Waals surface area contributed by atoms with E-state index in [1.165, 1.54) is 4.88 Å². The van der Waals surface area contributed by atoms with Gasteiger partial charge in [0.25, 0.3) is 0 Å². The Morgan fingerprint density at radius 2 is 2.12 bits per heavy atom. The van der Waals surface area contributed by atoms with Gasteiger partial charge in [-0.05, 0) is 31.5 Å². The minimum absolute atomic E-state index is 0. The molecule has 0 radical (unpaired) electrons. The van der Waals surface area contributed by atoms with Crippen LogP contribution in [-0.2, 0) is 9.53 Å². The highest BCUT2D eigenvalue weighted by Gasteiger charge is 2.25. The SMILES string of the molecule is CNCCCC(=O)N(C)CC(c1cccs1)N1CCOCC1.Cl.Cl. The Kier molecular flexibility index (Phi) is 12.7. The molecule has 2 rings (SSSR count). The second-order valence-corrected chi connectivity index (χ2v) is 6.64. The van der Waals surface area contributed by atoms with Crippen LogP contribution in [0, 0.1) is 0 Å². The van der Waals surface area contributed by atoms with Crippen LogP contribution in [0.25, 0.3) is 0 Å². The van der Waals surface area contributed by atoms with Crippen LogP contribution in [0.4, 0.5) is 0 Å². The molecule has 1 amide bonds. The number of halogens is 2. The summed E-state index contributed by atoms with van der Waals surface area (Å²) in [7, 11) is 3.84. The molecule has 1 aromatic heterocycles. The molecule has 0 saturated carbocycles. The van der Waals surface area contributed by atoms with Crippen LogP contribution in [-0.4, -0.2) is 69.2 Å². The van der Waals surface area contributed by atoms with Crippen LogP contribution < -0.4 is 5.32 Å². The third-order valence-electron chi connectivity index (χ3n) is 4.05. The van der Waals surface area contributed by atoms with Gasteiger partial charge in [-0.1, -0.05) is 6.07 Å². The molecule has 0 bridgehead atoms. The van der Waals surface area contributed by atoms with Gasteiger partial charge in [-0.25, -0.2) is 0 Å². The van der Waals surface area contributed by atoms with Crippen molar-refractivity contribution in [3.63, 3.8) is 0 Å². The number of nitrogens with zero attached hydrogens (tertiary/aromatic N) is 2. The van der Waals surface area contributed by atoms with Crippen molar-refractivity contribution in [1.29, 1.82) is 0 Å². The van der Waals surface area contributed by atoms with Crippen LogP contribution >= 0.6 is 36.2 Å². The first kappa shape index (κ1) is 23.6. The van der Waals surface area contributed by atoms with E-state index in [9.17, 15) is 4.79 Å². The molecule has 0 aliphatic carbocycles. The van der Waals surface area contributed by atoms with Gasteiger partial charge in [-0.3, -0.25) is 9.69 Å². The van der Waals surface area contributed by atoms with E-state index in [2.05, 4.69) is 27.7 Å². The quantitative estimate of drug-likeness (QED) is 0.684. The van der Waals surface area contributed by atoms with Gasteiger partial charge in [-0.2, -0.15) is 0 Å². The molecule has 1 saturated heterocycles. The van der Waals surface area contributed by atoms with Crippen molar-refractivity contribution in [2.75, 3.05) is 53.5 Å². The predicted molar refractivity (Wildman–Crippen MR) is 105 cm³/mol. The Bertz CT molecular complexity index is 443. The molecule has 1 aliphatic heterocycles. The van der Waals surface area contributed by atoms with Crippen LogP contribution in [0.1, 0.15) is 23.8 Å². The van der Waals surface area contributed by atoms with Crippen LogP contribution in [0.5, 0.6) is 0 Å². The number of nitrogens with one attached hydrogen (secondary N) is 1. The normalized spacial score (nSPS) is 15.9. The van der Waals surface area contributed by atoms with Crippen molar-refractivity contribution in [2.24, 2.45) is 0 Å². The van der Waals surface area contributed by atoms with Gasteiger partial charge in [0.05, 0.1) is 19.3 Å². The fourth-order valence-corrected chi connectivity index (χ4v) is 3.58. The molecule has 24 heavy (non-hydrogen) atoms. The molecule has 1 N–H and O–H groups in total. The zero-order chi connectivity index (χ0) is 15.8. The van der Waals surface area contributed by atoms with E-state index in [0.29, 0.717) is 6.42 Å². The first-order valence-corrected chi connectivity index (χ1v) is 8.84. The number of carbonyl (C=O) groups is 1. The standard InChI is InChI=1S/C16H27N3O2S.2ClH/c1-17-7-3-6-16(20)18(2)13-14(15-5-4-12-22-15)19-8-10-21-11-9-19;;/h4-5,12,14,17H,3,6-11,13H2,1-2H3;2*1H. The van der Waals surface area contributed by atoms with Crippen molar-refractivity contribution < 1.29 is 9.53 Å². The average Bonchev–Trinajstić information content (AvgIpc) is 3.07. The lowest BCUT2D eigenvalue weighted by molar-refractivity contribution is -0.131. The minimum atomic E-state index is 0. The number of carbonyl (C=O) groups excluding carboxylic acids is 1. The van der Waals surface area contributed by atoms with Gasteiger partial charge in [0.2, 0.25) is 5.91 Å². The van der Waals surface area contributed by atoms with Crippen molar-refractivity contribution >= 4 is 42.1 Å². The molecule has 0 spiro atoms. The maximum absolute atomic E-state index is 12.3. The number of ether oxygens (including phenoxy) is 1. The third kappa shape index (κ3) is 7.25. The molecule has 8 heteroatoms. The lowest BCUT2D eigenvalue weighted by Gasteiger charge is -2.36. The number of likely N-dealkylation sites (N-methyl/N-ethyl adjacent to an activating group) is 1. The van der Waals surface area contributed by atoms with Crippen LogP contribution in [0.2, 0.25) is 0 Å². The number of thiophene rings is 1. The van der Waals surface area contributed by atoms with Crippen LogP contribution in [0.15, 0.2) is 17.5 Å². The predicted octanol–water partition coefficient (Wildman–Crippen LogP) is 2.42. The first-order valence-electron chi connectivity index (χ1n) is 7.96. The summed E-state index contributed by atoms with van der Waals surface area (Å²) in [5.41, 5.74) is 0. The Morgan fingerprint density at radius 1 is 1.42 bits per heavy atom. The summed E-state index contributed by atoms with van der Waals surface area (Å²) in [6.07, 6.45) is 1.50. The number of hydrogen-bond acceptors (Lipinski definition) is 5. The number of rotatable bonds is 8. The molecule has 5 nitrogen and oxygen atoms in total.